The van der Waals surface area contributed by atoms with Gasteiger partial charge >= 0.3 is 5.97 Å². The van der Waals surface area contributed by atoms with Crippen LogP contribution in [0.25, 0.3) is 0 Å². The van der Waals surface area contributed by atoms with Crippen molar-refractivity contribution in [2.24, 2.45) is 5.92 Å². The van der Waals surface area contributed by atoms with E-state index in [4.69, 9.17) is 0 Å². The van der Waals surface area contributed by atoms with Crippen LogP contribution >= 0.6 is 0 Å². The summed E-state index contributed by atoms with van der Waals surface area (Å²) in [7, 11) is 1.95. The Balaban J connectivity index is 2.28. The highest BCUT2D eigenvalue weighted by atomic mass is 16.4. The SMILES string of the molecule is Cc1cc(C)c(C(=O)O)c(N(C)CC2CCCC2)n1. The highest BCUT2D eigenvalue weighted by molar-refractivity contribution is 5.95. The Morgan fingerprint density at radius 2 is 2.05 bits per heavy atom. The maximum absolute atomic E-state index is 11.4. The van der Waals surface area contributed by atoms with E-state index in [0.717, 1.165) is 17.8 Å². The van der Waals surface area contributed by atoms with Crippen molar-refractivity contribution in [2.75, 3.05) is 18.5 Å². The van der Waals surface area contributed by atoms with Crippen molar-refractivity contribution in [1.29, 1.82) is 0 Å². The van der Waals surface area contributed by atoms with Crippen LogP contribution in [0.2, 0.25) is 0 Å². The van der Waals surface area contributed by atoms with Gasteiger partial charge in [-0.2, -0.15) is 0 Å². The van der Waals surface area contributed by atoms with Crippen LogP contribution in [0.4, 0.5) is 5.82 Å². The molecule has 2 rings (SSSR count). The van der Waals surface area contributed by atoms with Crippen molar-refractivity contribution in [2.45, 2.75) is 39.5 Å². The summed E-state index contributed by atoms with van der Waals surface area (Å²) in [6.07, 6.45) is 5.09. The fraction of sp³-hybridized carbons (Fsp3) is 0.600. The highest BCUT2D eigenvalue weighted by Gasteiger charge is 2.22. The van der Waals surface area contributed by atoms with E-state index in [1.54, 1.807) is 0 Å². The van der Waals surface area contributed by atoms with Crippen LogP contribution in [0.5, 0.6) is 0 Å². The Morgan fingerprint density at radius 1 is 1.42 bits per heavy atom. The van der Waals surface area contributed by atoms with E-state index in [9.17, 15) is 9.90 Å². The molecule has 4 nitrogen and oxygen atoms in total. The van der Waals surface area contributed by atoms with Crippen molar-refractivity contribution in [3.8, 4) is 0 Å². The first-order valence-corrected chi connectivity index (χ1v) is 6.91. The number of nitrogens with zero attached hydrogens (tertiary/aromatic N) is 2. The summed E-state index contributed by atoms with van der Waals surface area (Å²) in [5, 5.41) is 9.38. The number of rotatable bonds is 4. The average molecular weight is 262 g/mol. The predicted octanol–water partition coefficient (Wildman–Crippen LogP) is 3.02. The fourth-order valence-corrected chi connectivity index (χ4v) is 3.02. The van der Waals surface area contributed by atoms with Gasteiger partial charge in [0.25, 0.3) is 0 Å². The molecule has 1 saturated carbocycles. The Hall–Kier alpha value is -1.58. The van der Waals surface area contributed by atoms with Crippen molar-refractivity contribution < 1.29 is 9.90 Å². The van der Waals surface area contributed by atoms with Gasteiger partial charge in [0.05, 0.1) is 0 Å². The summed E-state index contributed by atoms with van der Waals surface area (Å²) in [6, 6.07) is 1.83. The number of anilines is 1. The standard InChI is InChI=1S/C15H22N2O2/c1-10-8-11(2)16-14(13(10)15(18)19)17(3)9-12-6-4-5-7-12/h8,12H,4-7,9H2,1-3H3,(H,18,19). The number of aryl methyl sites for hydroxylation is 2. The number of hydrogen-bond acceptors (Lipinski definition) is 3. The monoisotopic (exact) mass is 262 g/mol. The minimum Gasteiger partial charge on any atom is -0.478 e. The zero-order valence-electron chi connectivity index (χ0n) is 11.9. The van der Waals surface area contributed by atoms with Crippen LogP contribution in [0.3, 0.4) is 0 Å². The van der Waals surface area contributed by atoms with Crippen molar-refractivity contribution >= 4 is 11.8 Å². The van der Waals surface area contributed by atoms with Crippen LogP contribution in [0, 0.1) is 19.8 Å². The Morgan fingerprint density at radius 3 is 2.63 bits per heavy atom. The summed E-state index contributed by atoms with van der Waals surface area (Å²) in [6.45, 7) is 4.65. The molecule has 0 aromatic carbocycles. The van der Waals surface area contributed by atoms with Gasteiger partial charge in [-0.15, -0.1) is 0 Å². The number of hydrogen-bond donors (Lipinski definition) is 1. The van der Waals surface area contributed by atoms with E-state index in [2.05, 4.69) is 4.98 Å². The Bertz CT molecular complexity index is 479. The number of carboxylic acid groups (broad SMARTS) is 1. The van der Waals surface area contributed by atoms with E-state index in [1.807, 2.05) is 31.9 Å². The lowest BCUT2D eigenvalue weighted by atomic mass is 10.1. The molecule has 19 heavy (non-hydrogen) atoms. The molecule has 0 saturated heterocycles. The van der Waals surface area contributed by atoms with Crippen LogP contribution in [-0.4, -0.2) is 29.7 Å². The lowest BCUT2D eigenvalue weighted by Gasteiger charge is -2.24. The third-order valence-corrected chi connectivity index (χ3v) is 3.91. The van der Waals surface area contributed by atoms with E-state index in [0.29, 0.717) is 17.3 Å². The number of carbonyl (C=O) groups is 1. The maximum Gasteiger partial charge on any atom is 0.339 e. The fourth-order valence-electron chi connectivity index (χ4n) is 3.02. The van der Waals surface area contributed by atoms with Crippen molar-refractivity contribution in [1.82, 2.24) is 4.98 Å². The molecule has 1 fully saturated rings. The second kappa shape index (κ2) is 5.59. The van der Waals surface area contributed by atoms with Crippen LogP contribution in [0.15, 0.2) is 6.07 Å². The van der Waals surface area contributed by atoms with Crippen molar-refractivity contribution in [3.63, 3.8) is 0 Å². The molecule has 0 radical (unpaired) electrons. The van der Waals surface area contributed by atoms with Crippen LogP contribution in [0.1, 0.15) is 47.3 Å². The van der Waals surface area contributed by atoms with Crippen LogP contribution < -0.4 is 4.90 Å². The number of aromatic nitrogens is 1. The van der Waals surface area contributed by atoms with E-state index < -0.39 is 5.97 Å². The predicted molar refractivity (Wildman–Crippen MR) is 75.9 cm³/mol. The van der Waals surface area contributed by atoms with E-state index >= 15 is 0 Å². The van der Waals surface area contributed by atoms with Gasteiger partial charge in [-0.25, -0.2) is 9.78 Å². The first-order chi connectivity index (χ1) is 8.99. The number of pyridine rings is 1. The average Bonchev–Trinajstić information content (AvgIpc) is 2.79. The topological polar surface area (TPSA) is 53.4 Å². The molecule has 0 amide bonds. The highest BCUT2D eigenvalue weighted by Crippen LogP contribution is 2.28. The molecule has 0 aliphatic heterocycles. The summed E-state index contributed by atoms with van der Waals surface area (Å²) in [5.74, 6) is 0.393. The maximum atomic E-state index is 11.4. The molecule has 1 heterocycles. The molecular weight excluding hydrogens is 240 g/mol. The van der Waals surface area contributed by atoms with Crippen molar-refractivity contribution in [3.05, 3.63) is 22.9 Å². The zero-order chi connectivity index (χ0) is 14.0. The molecule has 0 bridgehead atoms. The normalized spacial score (nSPS) is 15.7. The first kappa shape index (κ1) is 13.8. The van der Waals surface area contributed by atoms with Gasteiger partial charge in [0, 0.05) is 19.3 Å². The minimum absolute atomic E-state index is 0.339. The number of carboxylic acids is 1. The van der Waals surface area contributed by atoms with E-state index in [1.165, 1.54) is 25.7 Å². The number of aromatic carboxylic acids is 1. The van der Waals surface area contributed by atoms with Gasteiger partial charge in [0.15, 0.2) is 0 Å². The van der Waals surface area contributed by atoms with Gasteiger partial charge in [-0.3, -0.25) is 0 Å². The van der Waals surface area contributed by atoms with Gasteiger partial charge in [-0.05, 0) is 44.2 Å². The second-order valence-electron chi connectivity index (χ2n) is 5.62. The third kappa shape index (κ3) is 3.06. The zero-order valence-corrected chi connectivity index (χ0v) is 11.9. The Kier molecular flexibility index (Phi) is 4.08. The van der Waals surface area contributed by atoms with Gasteiger partial charge in [0.1, 0.15) is 11.4 Å². The summed E-state index contributed by atoms with van der Waals surface area (Å²) in [5.41, 5.74) is 2.00. The molecule has 4 heteroatoms. The van der Waals surface area contributed by atoms with E-state index in [-0.39, 0.29) is 0 Å². The minimum atomic E-state index is -0.890. The third-order valence-electron chi connectivity index (χ3n) is 3.91. The van der Waals surface area contributed by atoms with Gasteiger partial charge in [0.2, 0.25) is 0 Å². The molecule has 0 unspecified atom stereocenters. The molecule has 1 aromatic rings. The molecular formula is C15H22N2O2. The van der Waals surface area contributed by atoms with Crippen LogP contribution in [-0.2, 0) is 0 Å². The first-order valence-electron chi connectivity index (χ1n) is 6.91. The summed E-state index contributed by atoms with van der Waals surface area (Å²) >= 11 is 0. The largest absolute Gasteiger partial charge is 0.478 e. The smallest absolute Gasteiger partial charge is 0.339 e. The Labute approximate surface area is 114 Å². The quantitative estimate of drug-likeness (QED) is 0.906. The van der Waals surface area contributed by atoms with Gasteiger partial charge in [-0.1, -0.05) is 12.8 Å². The second-order valence-corrected chi connectivity index (χ2v) is 5.62. The molecule has 1 aromatic heterocycles. The van der Waals surface area contributed by atoms with Gasteiger partial charge < -0.3 is 10.0 Å². The lowest BCUT2D eigenvalue weighted by Crippen LogP contribution is -2.27. The molecule has 0 spiro atoms. The molecule has 1 aliphatic rings. The summed E-state index contributed by atoms with van der Waals surface area (Å²) < 4.78 is 0. The molecule has 1 N–H and O–H groups in total. The molecule has 1 aliphatic carbocycles. The molecule has 0 atom stereocenters. The summed E-state index contributed by atoms with van der Waals surface area (Å²) in [4.78, 5) is 17.9. The lowest BCUT2D eigenvalue weighted by molar-refractivity contribution is 0.0696. The molecule has 104 valence electrons.